The Hall–Kier alpha value is -1.87. The standard InChI is InChI=1S/C10H17N3O6/c14-6-7-5-13(1-2-19-7)10(18)12-3-8(15)11-4-9(16)17/h7,14H,1-6H2,(H,11,15)(H,12,18)(H,16,17). The minimum Gasteiger partial charge on any atom is -0.480 e. The van der Waals surface area contributed by atoms with Crippen molar-refractivity contribution in [3.63, 3.8) is 0 Å². The van der Waals surface area contributed by atoms with E-state index in [1.165, 1.54) is 4.90 Å². The van der Waals surface area contributed by atoms with Crippen LogP contribution in [-0.4, -0.2) is 78.5 Å². The van der Waals surface area contributed by atoms with E-state index >= 15 is 0 Å². The van der Waals surface area contributed by atoms with E-state index in [4.69, 9.17) is 14.9 Å². The number of nitrogens with zero attached hydrogens (tertiary/aromatic N) is 1. The number of hydrogen-bond acceptors (Lipinski definition) is 5. The van der Waals surface area contributed by atoms with Crippen LogP contribution in [0.4, 0.5) is 4.79 Å². The highest BCUT2D eigenvalue weighted by Gasteiger charge is 2.23. The Balaban J connectivity index is 2.26. The lowest BCUT2D eigenvalue weighted by molar-refractivity contribution is -0.137. The zero-order valence-electron chi connectivity index (χ0n) is 10.3. The normalized spacial score (nSPS) is 18.8. The van der Waals surface area contributed by atoms with E-state index in [0.717, 1.165) is 0 Å². The molecule has 1 atom stereocenters. The Morgan fingerprint density at radius 3 is 2.63 bits per heavy atom. The number of rotatable bonds is 5. The molecule has 4 N–H and O–H groups in total. The molecule has 1 unspecified atom stereocenters. The van der Waals surface area contributed by atoms with Crippen LogP contribution in [-0.2, 0) is 14.3 Å². The van der Waals surface area contributed by atoms with Gasteiger partial charge in [-0.15, -0.1) is 0 Å². The molecule has 0 bridgehead atoms. The molecular weight excluding hydrogens is 258 g/mol. The second kappa shape index (κ2) is 7.54. The number of carboxylic acids is 1. The van der Waals surface area contributed by atoms with Crippen molar-refractivity contribution in [2.45, 2.75) is 6.10 Å². The maximum Gasteiger partial charge on any atom is 0.322 e. The zero-order valence-corrected chi connectivity index (χ0v) is 10.3. The molecule has 1 aliphatic rings. The fourth-order valence-corrected chi connectivity index (χ4v) is 1.52. The number of aliphatic hydroxyl groups excluding tert-OH is 1. The summed E-state index contributed by atoms with van der Waals surface area (Å²) in [5, 5.41) is 21.8. The molecule has 0 aliphatic carbocycles. The first-order chi connectivity index (χ1) is 9.02. The molecule has 0 aromatic heterocycles. The number of urea groups is 1. The van der Waals surface area contributed by atoms with Crippen molar-refractivity contribution >= 4 is 17.9 Å². The van der Waals surface area contributed by atoms with E-state index in [9.17, 15) is 14.4 Å². The molecule has 1 fully saturated rings. The highest BCUT2D eigenvalue weighted by molar-refractivity contribution is 5.86. The zero-order chi connectivity index (χ0) is 14.3. The van der Waals surface area contributed by atoms with E-state index in [1.807, 2.05) is 0 Å². The Morgan fingerprint density at radius 2 is 2.00 bits per heavy atom. The van der Waals surface area contributed by atoms with Crippen molar-refractivity contribution in [3.8, 4) is 0 Å². The van der Waals surface area contributed by atoms with Crippen LogP contribution in [0.5, 0.6) is 0 Å². The molecule has 3 amide bonds. The lowest BCUT2D eigenvalue weighted by Crippen LogP contribution is -2.52. The smallest absolute Gasteiger partial charge is 0.322 e. The summed E-state index contributed by atoms with van der Waals surface area (Å²) in [5.74, 6) is -1.73. The van der Waals surface area contributed by atoms with E-state index < -0.39 is 30.6 Å². The molecule has 0 saturated carbocycles. The fourth-order valence-electron chi connectivity index (χ4n) is 1.52. The Bertz CT molecular complexity index is 348. The molecule has 1 aliphatic heterocycles. The molecule has 19 heavy (non-hydrogen) atoms. The van der Waals surface area contributed by atoms with Crippen LogP contribution in [0.2, 0.25) is 0 Å². The predicted octanol–water partition coefficient (Wildman–Crippen LogP) is -2.41. The van der Waals surface area contributed by atoms with Gasteiger partial charge in [-0.3, -0.25) is 9.59 Å². The topological polar surface area (TPSA) is 128 Å². The van der Waals surface area contributed by atoms with Gasteiger partial charge in [0.15, 0.2) is 0 Å². The van der Waals surface area contributed by atoms with Crippen molar-refractivity contribution in [2.75, 3.05) is 39.4 Å². The molecular formula is C10H17N3O6. The fraction of sp³-hybridized carbons (Fsp3) is 0.700. The van der Waals surface area contributed by atoms with Gasteiger partial charge >= 0.3 is 12.0 Å². The number of aliphatic carboxylic acids is 1. The van der Waals surface area contributed by atoms with Gasteiger partial charge in [0, 0.05) is 6.54 Å². The molecule has 0 aromatic carbocycles. The van der Waals surface area contributed by atoms with Gasteiger partial charge in [-0.25, -0.2) is 4.79 Å². The van der Waals surface area contributed by atoms with Gasteiger partial charge in [0.05, 0.1) is 32.4 Å². The molecule has 0 radical (unpaired) electrons. The van der Waals surface area contributed by atoms with E-state index in [2.05, 4.69) is 10.6 Å². The average molecular weight is 275 g/mol. The van der Waals surface area contributed by atoms with Crippen molar-refractivity contribution in [3.05, 3.63) is 0 Å². The summed E-state index contributed by atoms with van der Waals surface area (Å²) in [6, 6.07) is -0.452. The van der Waals surface area contributed by atoms with Crippen LogP contribution in [0.25, 0.3) is 0 Å². The van der Waals surface area contributed by atoms with Gasteiger partial charge in [-0.1, -0.05) is 0 Å². The minimum absolute atomic E-state index is 0.178. The number of nitrogens with one attached hydrogen (secondary N) is 2. The first-order valence-electron chi connectivity index (χ1n) is 5.76. The third-order valence-corrected chi connectivity index (χ3v) is 2.47. The third-order valence-electron chi connectivity index (χ3n) is 2.47. The quantitative estimate of drug-likeness (QED) is 0.442. The van der Waals surface area contributed by atoms with Crippen molar-refractivity contribution < 1.29 is 29.3 Å². The van der Waals surface area contributed by atoms with Crippen molar-refractivity contribution in [1.82, 2.24) is 15.5 Å². The number of carbonyl (C=O) groups excluding carboxylic acids is 2. The summed E-state index contributed by atoms with van der Waals surface area (Å²) in [6.07, 6.45) is -0.416. The lowest BCUT2D eigenvalue weighted by Gasteiger charge is -2.31. The van der Waals surface area contributed by atoms with Crippen LogP contribution in [0.15, 0.2) is 0 Å². The van der Waals surface area contributed by atoms with Gasteiger partial charge in [0.25, 0.3) is 0 Å². The van der Waals surface area contributed by atoms with Crippen LogP contribution in [0, 0.1) is 0 Å². The van der Waals surface area contributed by atoms with Crippen molar-refractivity contribution in [1.29, 1.82) is 0 Å². The Morgan fingerprint density at radius 1 is 1.26 bits per heavy atom. The number of hydrogen-bond donors (Lipinski definition) is 4. The summed E-state index contributed by atoms with van der Waals surface area (Å²) in [6.45, 7) is -0.0169. The Kier molecular flexibility index (Phi) is 6.03. The lowest BCUT2D eigenvalue weighted by atomic mass is 10.3. The monoisotopic (exact) mass is 275 g/mol. The van der Waals surface area contributed by atoms with Crippen LogP contribution < -0.4 is 10.6 Å². The maximum atomic E-state index is 11.7. The van der Waals surface area contributed by atoms with E-state index in [0.29, 0.717) is 13.2 Å². The largest absolute Gasteiger partial charge is 0.480 e. The summed E-state index contributed by atoms with van der Waals surface area (Å²) in [5.41, 5.74) is 0. The molecule has 0 aromatic rings. The number of carbonyl (C=O) groups is 3. The number of morpholine rings is 1. The highest BCUT2D eigenvalue weighted by atomic mass is 16.5. The third kappa shape index (κ3) is 5.53. The second-order valence-corrected chi connectivity index (χ2v) is 3.95. The molecule has 0 spiro atoms. The van der Waals surface area contributed by atoms with Gasteiger partial charge in [-0.05, 0) is 0 Å². The summed E-state index contributed by atoms with van der Waals surface area (Å²) >= 11 is 0. The highest BCUT2D eigenvalue weighted by Crippen LogP contribution is 2.04. The van der Waals surface area contributed by atoms with E-state index in [-0.39, 0.29) is 19.7 Å². The first kappa shape index (κ1) is 15.2. The SMILES string of the molecule is O=C(O)CNC(=O)CNC(=O)N1CCOC(CO)C1. The van der Waals surface area contributed by atoms with Crippen LogP contribution in [0.1, 0.15) is 0 Å². The number of carboxylic acid groups (broad SMARTS) is 1. The summed E-state index contributed by atoms with van der Waals surface area (Å²) < 4.78 is 5.18. The predicted molar refractivity (Wildman–Crippen MR) is 62.4 cm³/mol. The van der Waals surface area contributed by atoms with E-state index in [1.54, 1.807) is 0 Å². The molecule has 9 nitrogen and oxygen atoms in total. The average Bonchev–Trinajstić information content (AvgIpc) is 2.42. The summed E-state index contributed by atoms with van der Waals surface area (Å²) in [7, 11) is 0. The van der Waals surface area contributed by atoms with Crippen LogP contribution >= 0.6 is 0 Å². The van der Waals surface area contributed by atoms with Gasteiger partial charge in [0.2, 0.25) is 5.91 Å². The van der Waals surface area contributed by atoms with Crippen LogP contribution in [0.3, 0.4) is 0 Å². The maximum absolute atomic E-state index is 11.7. The number of aliphatic hydroxyl groups is 1. The number of ether oxygens (including phenoxy) is 1. The molecule has 9 heteroatoms. The van der Waals surface area contributed by atoms with Crippen molar-refractivity contribution in [2.24, 2.45) is 0 Å². The van der Waals surface area contributed by atoms with Gasteiger partial charge < -0.3 is 30.5 Å². The molecule has 1 rings (SSSR count). The summed E-state index contributed by atoms with van der Waals surface area (Å²) in [4.78, 5) is 34.5. The van der Waals surface area contributed by atoms with Gasteiger partial charge in [0.1, 0.15) is 6.54 Å². The number of amides is 3. The molecule has 1 heterocycles. The minimum atomic E-state index is -1.15. The molecule has 108 valence electrons. The Labute approximate surface area is 109 Å². The first-order valence-corrected chi connectivity index (χ1v) is 5.76. The molecule has 1 saturated heterocycles. The second-order valence-electron chi connectivity index (χ2n) is 3.95. The van der Waals surface area contributed by atoms with Gasteiger partial charge in [-0.2, -0.15) is 0 Å².